The molecule has 2 aromatic carbocycles. The first-order chi connectivity index (χ1) is 14.7. The molecular weight excluding hydrogens is 380 g/mol. The van der Waals surface area contributed by atoms with Gasteiger partial charge in [0.15, 0.2) is 0 Å². The number of hydrogen-bond acceptors (Lipinski definition) is 5. The third kappa shape index (κ3) is 6.52. The SMILES string of the molecule is C=CC[C@@H]1C[C@@H](OCc2ccccc2)[C@@H](OCc2ccccc2)[C@@H](CC(=O)OC)O1. The van der Waals surface area contributed by atoms with Crippen molar-refractivity contribution in [2.45, 2.75) is 56.9 Å². The Hall–Kier alpha value is -2.47. The summed E-state index contributed by atoms with van der Waals surface area (Å²) in [5, 5.41) is 0. The van der Waals surface area contributed by atoms with Crippen LogP contribution in [0.25, 0.3) is 0 Å². The molecule has 0 spiro atoms. The Morgan fingerprint density at radius 1 is 1.03 bits per heavy atom. The smallest absolute Gasteiger partial charge is 0.308 e. The van der Waals surface area contributed by atoms with Crippen molar-refractivity contribution in [3.63, 3.8) is 0 Å². The van der Waals surface area contributed by atoms with Crippen LogP contribution in [0.4, 0.5) is 0 Å². The molecule has 1 saturated heterocycles. The van der Waals surface area contributed by atoms with E-state index in [1.54, 1.807) is 0 Å². The number of hydrogen-bond donors (Lipinski definition) is 0. The number of benzene rings is 2. The molecule has 4 atom stereocenters. The third-order valence-electron chi connectivity index (χ3n) is 5.21. The van der Waals surface area contributed by atoms with E-state index in [1.807, 2.05) is 66.7 Å². The van der Waals surface area contributed by atoms with Crippen molar-refractivity contribution in [1.82, 2.24) is 0 Å². The van der Waals surface area contributed by atoms with E-state index in [0.29, 0.717) is 26.1 Å². The van der Waals surface area contributed by atoms with Crippen LogP contribution in [-0.4, -0.2) is 37.5 Å². The Morgan fingerprint density at radius 2 is 1.63 bits per heavy atom. The molecule has 2 aromatic rings. The van der Waals surface area contributed by atoms with Crippen LogP contribution in [0.2, 0.25) is 0 Å². The van der Waals surface area contributed by atoms with E-state index in [9.17, 15) is 4.79 Å². The molecule has 1 aliphatic rings. The summed E-state index contributed by atoms with van der Waals surface area (Å²) < 4.78 is 23.7. The first-order valence-electron chi connectivity index (χ1n) is 10.3. The monoisotopic (exact) mass is 410 g/mol. The topological polar surface area (TPSA) is 54.0 Å². The van der Waals surface area contributed by atoms with Gasteiger partial charge in [0.25, 0.3) is 0 Å². The van der Waals surface area contributed by atoms with E-state index in [1.165, 1.54) is 7.11 Å². The Kier molecular flexibility index (Phi) is 8.63. The lowest BCUT2D eigenvalue weighted by Crippen LogP contribution is -2.51. The van der Waals surface area contributed by atoms with Crippen molar-refractivity contribution >= 4 is 5.97 Å². The zero-order valence-electron chi connectivity index (χ0n) is 17.4. The highest BCUT2D eigenvalue weighted by molar-refractivity contribution is 5.69. The van der Waals surface area contributed by atoms with Gasteiger partial charge in [-0.2, -0.15) is 0 Å². The van der Waals surface area contributed by atoms with E-state index in [2.05, 4.69) is 6.58 Å². The van der Waals surface area contributed by atoms with Crippen molar-refractivity contribution < 1.29 is 23.7 Å². The normalized spacial score (nSPS) is 23.6. The summed E-state index contributed by atoms with van der Waals surface area (Å²) in [6, 6.07) is 20.0. The Labute approximate surface area is 178 Å². The minimum atomic E-state index is -0.444. The van der Waals surface area contributed by atoms with E-state index in [-0.39, 0.29) is 30.7 Å². The van der Waals surface area contributed by atoms with Crippen LogP contribution in [0.5, 0.6) is 0 Å². The Morgan fingerprint density at radius 3 is 2.20 bits per heavy atom. The molecule has 5 nitrogen and oxygen atoms in total. The van der Waals surface area contributed by atoms with Gasteiger partial charge < -0.3 is 18.9 Å². The highest BCUT2D eigenvalue weighted by Gasteiger charge is 2.41. The van der Waals surface area contributed by atoms with Gasteiger partial charge in [0, 0.05) is 6.42 Å². The fraction of sp³-hybridized carbons (Fsp3) is 0.400. The van der Waals surface area contributed by atoms with Gasteiger partial charge in [0.1, 0.15) is 6.10 Å². The second-order valence-corrected chi connectivity index (χ2v) is 7.43. The summed E-state index contributed by atoms with van der Waals surface area (Å²) in [6.07, 6.45) is 2.21. The van der Waals surface area contributed by atoms with Crippen LogP contribution in [0.15, 0.2) is 73.3 Å². The number of esters is 1. The quantitative estimate of drug-likeness (QED) is 0.428. The molecule has 1 fully saturated rings. The first-order valence-corrected chi connectivity index (χ1v) is 10.3. The van der Waals surface area contributed by atoms with Gasteiger partial charge in [0.2, 0.25) is 0 Å². The third-order valence-corrected chi connectivity index (χ3v) is 5.21. The summed E-state index contributed by atoms with van der Waals surface area (Å²) in [4.78, 5) is 12.0. The molecular formula is C25H30O5. The maximum absolute atomic E-state index is 12.0. The fourth-order valence-electron chi connectivity index (χ4n) is 3.68. The molecule has 0 radical (unpaired) electrons. The average molecular weight is 411 g/mol. The van der Waals surface area contributed by atoms with Gasteiger partial charge in [-0.05, 0) is 17.5 Å². The van der Waals surface area contributed by atoms with Crippen LogP contribution < -0.4 is 0 Å². The lowest BCUT2D eigenvalue weighted by molar-refractivity contribution is -0.210. The number of methoxy groups -OCH3 is 1. The van der Waals surface area contributed by atoms with Crippen molar-refractivity contribution in [2.75, 3.05) is 7.11 Å². The minimum Gasteiger partial charge on any atom is -0.469 e. The largest absolute Gasteiger partial charge is 0.469 e. The zero-order chi connectivity index (χ0) is 21.2. The van der Waals surface area contributed by atoms with Crippen LogP contribution in [-0.2, 0) is 37.0 Å². The molecule has 0 saturated carbocycles. The molecule has 0 bridgehead atoms. The number of carbonyl (C=O) groups is 1. The van der Waals surface area contributed by atoms with E-state index in [0.717, 1.165) is 11.1 Å². The molecule has 5 heteroatoms. The molecule has 3 rings (SSSR count). The maximum Gasteiger partial charge on any atom is 0.308 e. The highest BCUT2D eigenvalue weighted by atomic mass is 16.6. The molecule has 0 aliphatic carbocycles. The summed E-state index contributed by atoms with van der Waals surface area (Å²) in [5.41, 5.74) is 2.15. The maximum atomic E-state index is 12.0. The second-order valence-electron chi connectivity index (χ2n) is 7.43. The molecule has 160 valence electrons. The standard InChI is InChI=1S/C25H30O5/c1-3-10-21-15-22(28-17-19-11-6-4-7-12-19)25(23(30-21)16-24(26)27-2)29-18-20-13-8-5-9-14-20/h3-9,11-14,21-23,25H,1,10,15-18H2,2H3/t21-,22-,23-,25-/m1/s1. The van der Waals surface area contributed by atoms with Gasteiger partial charge in [-0.3, -0.25) is 4.79 Å². The fourth-order valence-corrected chi connectivity index (χ4v) is 3.68. The van der Waals surface area contributed by atoms with Gasteiger partial charge in [-0.1, -0.05) is 66.7 Å². The van der Waals surface area contributed by atoms with Gasteiger partial charge in [0.05, 0.1) is 45.1 Å². The van der Waals surface area contributed by atoms with Gasteiger partial charge >= 0.3 is 5.97 Å². The molecule has 1 aliphatic heterocycles. The second kappa shape index (κ2) is 11.6. The molecule has 1 heterocycles. The molecule has 0 unspecified atom stereocenters. The summed E-state index contributed by atoms with van der Waals surface area (Å²) in [7, 11) is 1.38. The summed E-state index contributed by atoms with van der Waals surface area (Å²) >= 11 is 0. The predicted molar refractivity (Wildman–Crippen MR) is 115 cm³/mol. The Bertz CT molecular complexity index is 777. The van der Waals surface area contributed by atoms with Crippen LogP contribution in [0.1, 0.15) is 30.4 Å². The zero-order valence-corrected chi connectivity index (χ0v) is 17.4. The molecule has 0 amide bonds. The Balaban J connectivity index is 1.76. The van der Waals surface area contributed by atoms with Crippen molar-refractivity contribution in [2.24, 2.45) is 0 Å². The summed E-state index contributed by atoms with van der Waals surface area (Å²) in [6.45, 7) is 4.72. The van der Waals surface area contributed by atoms with Crippen LogP contribution >= 0.6 is 0 Å². The lowest BCUT2D eigenvalue weighted by atomic mass is 9.94. The van der Waals surface area contributed by atoms with Crippen molar-refractivity contribution in [3.8, 4) is 0 Å². The average Bonchev–Trinajstić information content (AvgIpc) is 2.78. The number of carbonyl (C=O) groups excluding carboxylic acids is 1. The molecule has 0 N–H and O–H groups in total. The molecule has 30 heavy (non-hydrogen) atoms. The van der Waals surface area contributed by atoms with Crippen molar-refractivity contribution in [3.05, 3.63) is 84.4 Å². The predicted octanol–water partition coefficient (Wildman–Crippen LogP) is 4.45. The summed E-state index contributed by atoms with van der Waals surface area (Å²) in [5.74, 6) is -0.325. The van der Waals surface area contributed by atoms with Gasteiger partial charge in [-0.25, -0.2) is 0 Å². The van der Waals surface area contributed by atoms with E-state index < -0.39 is 6.10 Å². The van der Waals surface area contributed by atoms with Gasteiger partial charge in [-0.15, -0.1) is 6.58 Å². The van der Waals surface area contributed by atoms with Crippen molar-refractivity contribution in [1.29, 1.82) is 0 Å². The van der Waals surface area contributed by atoms with Crippen LogP contribution in [0.3, 0.4) is 0 Å². The molecule has 0 aromatic heterocycles. The van der Waals surface area contributed by atoms with E-state index >= 15 is 0 Å². The first kappa shape index (κ1) is 22.2. The number of rotatable bonds is 10. The number of ether oxygens (including phenoxy) is 4. The lowest BCUT2D eigenvalue weighted by Gasteiger charge is -2.41. The van der Waals surface area contributed by atoms with E-state index in [4.69, 9.17) is 18.9 Å². The highest BCUT2D eigenvalue weighted by Crippen LogP contribution is 2.30. The minimum absolute atomic E-state index is 0.0745. The van der Waals surface area contributed by atoms with Crippen LogP contribution in [0, 0.1) is 0 Å².